The molecule has 1 N–H and O–H groups in total. The van der Waals surface area contributed by atoms with Crippen LogP contribution in [0.15, 0.2) is 0 Å². The predicted octanol–water partition coefficient (Wildman–Crippen LogP) is 2.54. The fourth-order valence-electron chi connectivity index (χ4n) is 1.22. The molecule has 0 saturated heterocycles. The number of amides is 1. The van der Waals surface area contributed by atoms with Crippen LogP contribution >= 0.6 is 0 Å². The fourth-order valence-corrected chi connectivity index (χ4v) is 1.22. The van der Waals surface area contributed by atoms with Crippen molar-refractivity contribution in [3.8, 4) is 0 Å². The van der Waals surface area contributed by atoms with Crippen molar-refractivity contribution in [2.75, 3.05) is 6.54 Å². The van der Waals surface area contributed by atoms with E-state index in [1.807, 2.05) is 13.8 Å². The minimum Gasteiger partial charge on any atom is -0.356 e. The first-order chi connectivity index (χ1) is 7.07. The lowest BCUT2D eigenvalue weighted by Crippen LogP contribution is -2.25. The normalized spacial score (nSPS) is 10.4. The first kappa shape index (κ1) is 14.1. The highest BCUT2D eigenvalue weighted by molar-refractivity contribution is 5.85. The number of Topliss-reactive ketones (excluding diaryl/α,β-unsaturated/α-hetero) is 1. The Hall–Kier alpha value is -0.860. The SMILES string of the molecule is CCCCCNC(=O)CCC(=O)C(C)C.[HH]. The molecule has 0 radical (unpaired) electrons. The Morgan fingerprint density at radius 2 is 1.87 bits per heavy atom. The zero-order valence-corrected chi connectivity index (χ0v) is 10.1. The summed E-state index contributed by atoms with van der Waals surface area (Å²) in [5.41, 5.74) is 0. The number of ketones is 1. The van der Waals surface area contributed by atoms with Crippen LogP contribution in [-0.4, -0.2) is 18.2 Å². The lowest BCUT2D eigenvalue weighted by molar-refractivity contribution is -0.126. The third-order valence-corrected chi connectivity index (χ3v) is 2.34. The van der Waals surface area contributed by atoms with Gasteiger partial charge in [0.05, 0.1) is 0 Å². The van der Waals surface area contributed by atoms with Crippen LogP contribution in [0.5, 0.6) is 0 Å². The molecule has 15 heavy (non-hydrogen) atoms. The fraction of sp³-hybridized carbons (Fsp3) is 0.833. The van der Waals surface area contributed by atoms with Crippen molar-refractivity contribution in [3.05, 3.63) is 0 Å². The number of carbonyl (C=O) groups is 2. The van der Waals surface area contributed by atoms with Crippen molar-refractivity contribution >= 4 is 11.7 Å². The van der Waals surface area contributed by atoms with E-state index in [0.29, 0.717) is 12.8 Å². The van der Waals surface area contributed by atoms with E-state index >= 15 is 0 Å². The second-order valence-corrected chi connectivity index (χ2v) is 4.18. The van der Waals surface area contributed by atoms with Crippen LogP contribution in [0.4, 0.5) is 0 Å². The first-order valence-electron chi connectivity index (χ1n) is 5.87. The van der Waals surface area contributed by atoms with E-state index in [1.54, 1.807) is 0 Å². The van der Waals surface area contributed by atoms with E-state index in [2.05, 4.69) is 12.2 Å². The molecule has 90 valence electrons. The molecule has 3 nitrogen and oxygen atoms in total. The molecule has 0 aromatic heterocycles. The third-order valence-electron chi connectivity index (χ3n) is 2.34. The first-order valence-corrected chi connectivity index (χ1v) is 5.87. The Labute approximate surface area is 94.1 Å². The Kier molecular flexibility index (Phi) is 7.96. The van der Waals surface area contributed by atoms with Gasteiger partial charge in [0.15, 0.2) is 0 Å². The van der Waals surface area contributed by atoms with Crippen LogP contribution in [-0.2, 0) is 9.59 Å². The van der Waals surface area contributed by atoms with E-state index in [-0.39, 0.29) is 19.0 Å². The van der Waals surface area contributed by atoms with Crippen molar-refractivity contribution in [1.82, 2.24) is 5.32 Å². The van der Waals surface area contributed by atoms with Crippen LogP contribution in [0.3, 0.4) is 0 Å². The molecular formula is C12H25NO2. The van der Waals surface area contributed by atoms with E-state index < -0.39 is 0 Å². The average molecular weight is 215 g/mol. The number of rotatable bonds is 8. The maximum absolute atomic E-state index is 11.3. The van der Waals surface area contributed by atoms with Gasteiger partial charge in [-0.05, 0) is 6.42 Å². The molecule has 0 aliphatic rings. The molecule has 0 bridgehead atoms. The van der Waals surface area contributed by atoms with Gasteiger partial charge in [-0.1, -0.05) is 33.6 Å². The van der Waals surface area contributed by atoms with Crippen LogP contribution in [0, 0.1) is 5.92 Å². The number of hydrogen-bond donors (Lipinski definition) is 1. The average Bonchev–Trinajstić information content (AvgIpc) is 2.20. The van der Waals surface area contributed by atoms with E-state index in [1.165, 1.54) is 0 Å². The number of unbranched alkanes of at least 4 members (excludes halogenated alkanes) is 2. The van der Waals surface area contributed by atoms with Crippen molar-refractivity contribution < 1.29 is 11.0 Å². The second-order valence-electron chi connectivity index (χ2n) is 4.18. The molecule has 0 aromatic carbocycles. The van der Waals surface area contributed by atoms with Crippen molar-refractivity contribution in [2.24, 2.45) is 5.92 Å². The highest BCUT2D eigenvalue weighted by Crippen LogP contribution is 2.01. The molecule has 0 unspecified atom stereocenters. The van der Waals surface area contributed by atoms with Gasteiger partial charge in [0.2, 0.25) is 5.91 Å². The van der Waals surface area contributed by atoms with Gasteiger partial charge in [-0.15, -0.1) is 0 Å². The molecule has 0 atom stereocenters. The van der Waals surface area contributed by atoms with Gasteiger partial charge in [0, 0.05) is 26.7 Å². The Morgan fingerprint density at radius 3 is 2.40 bits per heavy atom. The lowest BCUT2D eigenvalue weighted by atomic mass is 10.0. The molecule has 0 rings (SSSR count). The van der Waals surface area contributed by atoms with Gasteiger partial charge in [-0.25, -0.2) is 0 Å². The van der Waals surface area contributed by atoms with Crippen LogP contribution in [0.1, 0.15) is 54.3 Å². The molecule has 0 heterocycles. The van der Waals surface area contributed by atoms with E-state index in [9.17, 15) is 9.59 Å². The zero-order valence-electron chi connectivity index (χ0n) is 10.1. The highest BCUT2D eigenvalue weighted by atomic mass is 16.2. The monoisotopic (exact) mass is 215 g/mol. The van der Waals surface area contributed by atoms with Crippen molar-refractivity contribution in [1.29, 1.82) is 0 Å². The number of hydrogen-bond acceptors (Lipinski definition) is 2. The molecular weight excluding hydrogens is 190 g/mol. The van der Waals surface area contributed by atoms with Gasteiger partial charge < -0.3 is 5.32 Å². The predicted molar refractivity (Wildman–Crippen MR) is 63.7 cm³/mol. The summed E-state index contributed by atoms with van der Waals surface area (Å²) in [4.78, 5) is 22.5. The second kappa shape index (κ2) is 8.45. The summed E-state index contributed by atoms with van der Waals surface area (Å²) in [6.07, 6.45) is 4.04. The third kappa shape index (κ3) is 8.16. The van der Waals surface area contributed by atoms with E-state index in [4.69, 9.17) is 0 Å². The molecule has 1 amide bonds. The Morgan fingerprint density at radius 1 is 1.20 bits per heavy atom. The number of carbonyl (C=O) groups excluding carboxylic acids is 2. The van der Waals surface area contributed by atoms with Gasteiger partial charge in [-0.3, -0.25) is 9.59 Å². The van der Waals surface area contributed by atoms with E-state index in [0.717, 1.165) is 25.8 Å². The summed E-state index contributed by atoms with van der Waals surface area (Å²) in [7, 11) is 0. The summed E-state index contributed by atoms with van der Waals surface area (Å²) in [5.74, 6) is 0.205. The van der Waals surface area contributed by atoms with Crippen LogP contribution in [0.2, 0.25) is 0 Å². The largest absolute Gasteiger partial charge is 0.356 e. The molecule has 0 spiro atoms. The minimum absolute atomic E-state index is 0. The molecule has 0 aromatic rings. The highest BCUT2D eigenvalue weighted by Gasteiger charge is 2.09. The lowest BCUT2D eigenvalue weighted by Gasteiger charge is -2.05. The van der Waals surface area contributed by atoms with Gasteiger partial charge in [0.1, 0.15) is 5.78 Å². The topological polar surface area (TPSA) is 46.2 Å². The maximum atomic E-state index is 11.3. The maximum Gasteiger partial charge on any atom is 0.220 e. The minimum atomic E-state index is 0. The summed E-state index contributed by atoms with van der Waals surface area (Å²) in [6.45, 7) is 6.59. The molecule has 0 aliphatic carbocycles. The summed E-state index contributed by atoms with van der Waals surface area (Å²) in [5, 5.41) is 2.82. The Balaban J connectivity index is 0. The summed E-state index contributed by atoms with van der Waals surface area (Å²) in [6, 6.07) is 0. The molecule has 0 saturated carbocycles. The quantitative estimate of drug-likeness (QED) is 0.632. The molecule has 0 aliphatic heterocycles. The summed E-state index contributed by atoms with van der Waals surface area (Å²) >= 11 is 0. The molecule has 0 fully saturated rings. The smallest absolute Gasteiger partial charge is 0.220 e. The zero-order chi connectivity index (χ0) is 11.7. The summed E-state index contributed by atoms with van der Waals surface area (Å²) < 4.78 is 0. The van der Waals surface area contributed by atoms with Gasteiger partial charge >= 0.3 is 0 Å². The Bertz CT molecular complexity index is 205. The van der Waals surface area contributed by atoms with Gasteiger partial charge in [-0.2, -0.15) is 0 Å². The van der Waals surface area contributed by atoms with Gasteiger partial charge in [0.25, 0.3) is 0 Å². The molecule has 3 heteroatoms. The van der Waals surface area contributed by atoms with Crippen LogP contribution < -0.4 is 5.32 Å². The van der Waals surface area contributed by atoms with Crippen LogP contribution in [0.25, 0.3) is 0 Å². The number of nitrogens with one attached hydrogen (secondary N) is 1. The van der Waals surface area contributed by atoms with Crippen molar-refractivity contribution in [2.45, 2.75) is 52.9 Å². The van der Waals surface area contributed by atoms with Crippen molar-refractivity contribution in [3.63, 3.8) is 0 Å². The standard InChI is InChI=1S/C12H23NO2.H2/c1-4-5-6-9-13-12(15)8-7-11(14)10(2)3;/h10H,4-9H2,1-3H3,(H,13,15);1H.